The lowest BCUT2D eigenvalue weighted by Gasteiger charge is -2.16. The van der Waals surface area contributed by atoms with Gasteiger partial charge in [-0.3, -0.25) is 14.5 Å². The number of nitrogens with zero attached hydrogens (tertiary/aromatic N) is 2. The van der Waals surface area contributed by atoms with Gasteiger partial charge in [0.25, 0.3) is 5.56 Å². The SMILES string of the molecule is COc1ccc(NC(=O)CN(C)Cc2nc3sc4c(c3c(=O)[nH]2)CCCC4)cc1. The number of nitrogens with one attached hydrogen (secondary N) is 2. The van der Waals surface area contributed by atoms with E-state index in [0.29, 0.717) is 18.1 Å². The first-order valence-electron chi connectivity index (χ1n) is 9.69. The Hall–Kier alpha value is -2.71. The van der Waals surface area contributed by atoms with Gasteiger partial charge < -0.3 is 15.0 Å². The number of methoxy groups -OCH3 is 1. The molecule has 1 aromatic carbocycles. The van der Waals surface area contributed by atoms with Crippen LogP contribution in [0.15, 0.2) is 29.1 Å². The summed E-state index contributed by atoms with van der Waals surface area (Å²) in [5.74, 6) is 1.19. The van der Waals surface area contributed by atoms with Crippen LogP contribution in [0.5, 0.6) is 5.75 Å². The smallest absolute Gasteiger partial charge is 0.259 e. The molecule has 0 radical (unpaired) electrons. The summed E-state index contributed by atoms with van der Waals surface area (Å²) in [5.41, 5.74) is 1.82. The fraction of sp³-hybridized carbons (Fsp3) is 0.381. The highest BCUT2D eigenvalue weighted by molar-refractivity contribution is 7.18. The second-order valence-corrected chi connectivity index (χ2v) is 8.44. The summed E-state index contributed by atoms with van der Waals surface area (Å²) in [4.78, 5) is 36.5. The van der Waals surface area contributed by atoms with E-state index in [9.17, 15) is 9.59 Å². The van der Waals surface area contributed by atoms with E-state index in [1.165, 1.54) is 16.9 Å². The first-order chi connectivity index (χ1) is 14.0. The van der Waals surface area contributed by atoms with E-state index in [4.69, 9.17) is 4.74 Å². The Morgan fingerprint density at radius 3 is 2.79 bits per heavy atom. The Labute approximate surface area is 172 Å². The molecule has 0 unspecified atom stereocenters. The quantitative estimate of drug-likeness (QED) is 0.650. The number of amides is 1. The van der Waals surface area contributed by atoms with E-state index in [1.807, 2.05) is 11.9 Å². The van der Waals surface area contributed by atoms with Gasteiger partial charge in [-0.15, -0.1) is 11.3 Å². The van der Waals surface area contributed by atoms with Crippen LogP contribution >= 0.6 is 11.3 Å². The normalized spacial score (nSPS) is 13.5. The number of thiophene rings is 1. The average molecular weight is 413 g/mol. The Morgan fingerprint density at radius 1 is 1.28 bits per heavy atom. The highest BCUT2D eigenvalue weighted by atomic mass is 32.1. The van der Waals surface area contributed by atoms with Crippen LogP contribution < -0.4 is 15.6 Å². The summed E-state index contributed by atoms with van der Waals surface area (Å²) in [6.45, 7) is 0.582. The molecule has 2 aromatic heterocycles. The van der Waals surface area contributed by atoms with E-state index >= 15 is 0 Å². The van der Waals surface area contributed by atoms with Crippen molar-refractivity contribution in [2.24, 2.45) is 0 Å². The third kappa shape index (κ3) is 4.33. The molecule has 29 heavy (non-hydrogen) atoms. The van der Waals surface area contributed by atoms with Crippen LogP contribution in [0.25, 0.3) is 10.2 Å². The zero-order valence-corrected chi connectivity index (χ0v) is 17.4. The minimum atomic E-state index is -0.132. The predicted octanol–water partition coefficient (Wildman–Crippen LogP) is 2.94. The second kappa shape index (κ2) is 8.34. The van der Waals surface area contributed by atoms with E-state index in [0.717, 1.165) is 35.2 Å². The van der Waals surface area contributed by atoms with Crippen LogP contribution in [0.3, 0.4) is 0 Å². The summed E-state index contributed by atoms with van der Waals surface area (Å²) in [5, 5.41) is 3.62. The molecule has 0 fully saturated rings. The zero-order chi connectivity index (χ0) is 20.4. The van der Waals surface area contributed by atoms with Gasteiger partial charge in [0.15, 0.2) is 0 Å². The summed E-state index contributed by atoms with van der Waals surface area (Å²) >= 11 is 1.63. The number of rotatable bonds is 6. The molecule has 0 atom stereocenters. The number of aryl methyl sites for hydroxylation is 2. The van der Waals surface area contributed by atoms with Crippen molar-refractivity contribution in [1.82, 2.24) is 14.9 Å². The van der Waals surface area contributed by atoms with Crippen molar-refractivity contribution in [1.29, 1.82) is 0 Å². The van der Waals surface area contributed by atoms with E-state index < -0.39 is 0 Å². The first kappa shape index (κ1) is 19.6. The molecule has 0 saturated heterocycles. The van der Waals surface area contributed by atoms with Gasteiger partial charge in [0, 0.05) is 10.6 Å². The molecular weight excluding hydrogens is 388 g/mol. The number of aromatic amines is 1. The third-order valence-corrected chi connectivity index (χ3v) is 6.27. The topological polar surface area (TPSA) is 87.3 Å². The molecule has 0 saturated carbocycles. The molecule has 8 heteroatoms. The minimum Gasteiger partial charge on any atom is -0.497 e. The van der Waals surface area contributed by atoms with E-state index in [-0.39, 0.29) is 18.0 Å². The third-order valence-electron chi connectivity index (χ3n) is 5.08. The van der Waals surface area contributed by atoms with Gasteiger partial charge in [-0.2, -0.15) is 0 Å². The van der Waals surface area contributed by atoms with Crippen molar-refractivity contribution in [3.63, 3.8) is 0 Å². The van der Waals surface area contributed by atoms with Crippen molar-refractivity contribution < 1.29 is 9.53 Å². The summed E-state index contributed by atoms with van der Waals surface area (Å²) < 4.78 is 5.12. The maximum Gasteiger partial charge on any atom is 0.259 e. The van der Waals surface area contributed by atoms with Crippen molar-refractivity contribution in [3.8, 4) is 5.75 Å². The monoisotopic (exact) mass is 412 g/mol. The van der Waals surface area contributed by atoms with Crippen LogP contribution in [0.4, 0.5) is 5.69 Å². The standard InChI is InChI=1S/C21H24N4O3S/c1-25(12-18(26)22-13-7-9-14(28-2)10-8-13)11-17-23-20(27)19-15-5-3-4-6-16(15)29-21(19)24-17/h7-10H,3-6,11-12H2,1-2H3,(H,22,26)(H,23,24,27). The molecule has 2 heterocycles. The molecule has 0 bridgehead atoms. The number of hydrogen-bond donors (Lipinski definition) is 2. The number of H-pyrrole nitrogens is 1. The predicted molar refractivity (Wildman–Crippen MR) is 115 cm³/mol. The number of likely N-dealkylation sites (N-methyl/N-ethyl adjacent to an activating group) is 1. The van der Waals surface area contributed by atoms with Crippen LogP contribution in [-0.4, -0.2) is 41.5 Å². The number of aromatic nitrogens is 2. The van der Waals surface area contributed by atoms with Crippen molar-refractivity contribution in [2.45, 2.75) is 32.2 Å². The van der Waals surface area contributed by atoms with Crippen molar-refractivity contribution in [3.05, 3.63) is 50.9 Å². The lowest BCUT2D eigenvalue weighted by molar-refractivity contribution is -0.117. The second-order valence-electron chi connectivity index (χ2n) is 7.35. The number of carbonyl (C=O) groups is 1. The van der Waals surface area contributed by atoms with Gasteiger partial charge in [0.05, 0.1) is 25.6 Å². The van der Waals surface area contributed by atoms with Crippen LogP contribution in [0.1, 0.15) is 29.1 Å². The fourth-order valence-corrected chi connectivity index (χ4v) is 5.00. The summed E-state index contributed by atoms with van der Waals surface area (Å²) in [6, 6.07) is 7.18. The van der Waals surface area contributed by atoms with E-state index in [1.54, 1.807) is 42.7 Å². The molecule has 1 amide bonds. The highest BCUT2D eigenvalue weighted by Gasteiger charge is 2.20. The van der Waals surface area contributed by atoms with Gasteiger partial charge in [0.2, 0.25) is 5.91 Å². The maximum absolute atomic E-state index is 12.6. The molecule has 4 rings (SSSR count). The average Bonchev–Trinajstić information content (AvgIpc) is 3.07. The fourth-order valence-electron chi connectivity index (χ4n) is 3.71. The van der Waals surface area contributed by atoms with E-state index in [2.05, 4.69) is 15.3 Å². The van der Waals surface area contributed by atoms with Crippen LogP contribution in [-0.2, 0) is 24.2 Å². The molecule has 0 spiro atoms. The molecule has 7 nitrogen and oxygen atoms in total. The molecule has 1 aliphatic rings. The molecular formula is C21H24N4O3S. The highest BCUT2D eigenvalue weighted by Crippen LogP contribution is 2.33. The number of benzene rings is 1. The van der Waals surface area contributed by atoms with Crippen LogP contribution in [0, 0.1) is 0 Å². The Morgan fingerprint density at radius 2 is 2.03 bits per heavy atom. The van der Waals surface area contributed by atoms with Gasteiger partial charge in [0.1, 0.15) is 16.4 Å². The van der Waals surface area contributed by atoms with Crippen molar-refractivity contribution >= 4 is 33.1 Å². The minimum absolute atomic E-state index is 0.0690. The van der Waals surface area contributed by atoms with Gasteiger partial charge in [-0.05, 0) is 62.6 Å². The molecule has 3 aromatic rings. The van der Waals surface area contributed by atoms with Crippen LogP contribution in [0.2, 0.25) is 0 Å². The Kier molecular flexibility index (Phi) is 5.64. The number of carbonyl (C=O) groups excluding carboxylic acids is 1. The Balaban J connectivity index is 1.42. The lowest BCUT2D eigenvalue weighted by atomic mass is 9.97. The number of ether oxygens (including phenoxy) is 1. The lowest BCUT2D eigenvalue weighted by Crippen LogP contribution is -2.31. The van der Waals surface area contributed by atoms with Gasteiger partial charge in [-0.1, -0.05) is 0 Å². The first-order valence-corrected chi connectivity index (χ1v) is 10.5. The van der Waals surface area contributed by atoms with Gasteiger partial charge >= 0.3 is 0 Å². The van der Waals surface area contributed by atoms with Crippen molar-refractivity contribution in [2.75, 3.05) is 26.0 Å². The Bertz CT molecular complexity index is 1090. The number of anilines is 1. The maximum atomic E-state index is 12.6. The molecule has 152 valence electrons. The summed E-state index contributed by atoms with van der Waals surface area (Å²) in [6.07, 6.45) is 4.31. The largest absolute Gasteiger partial charge is 0.497 e. The number of hydrogen-bond acceptors (Lipinski definition) is 6. The molecule has 2 N–H and O–H groups in total. The summed E-state index contributed by atoms with van der Waals surface area (Å²) in [7, 11) is 3.43. The molecule has 0 aliphatic heterocycles. The molecule has 1 aliphatic carbocycles. The number of fused-ring (bicyclic) bond motifs is 3. The zero-order valence-electron chi connectivity index (χ0n) is 16.6. The van der Waals surface area contributed by atoms with Gasteiger partial charge in [-0.25, -0.2) is 4.98 Å².